The zero-order chi connectivity index (χ0) is 13.4. The third-order valence-corrected chi connectivity index (χ3v) is 2.89. The molecule has 1 aromatic carbocycles. The average Bonchev–Trinajstić information content (AvgIpc) is 2.35. The fourth-order valence-electron chi connectivity index (χ4n) is 1.85. The molecule has 0 saturated heterocycles. The van der Waals surface area contributed by atoms with Crippen LogP contribution in [0.1, 0.15) is 5.56 Å². The molecule has 0 bridgehead atoms. The van der Waals surface area contributed by atoms with E-state index in [0.29, 0.717) is 5.39 Å². The summed E-state index contributed by atoms with van der Waals surface area (Å²) in [6.45, 7) is -0.940. The number of fused-ring (bicyclic) bond motifs is 1. The molecule has 0 radical (unpaired) electrons. The number of nitrogens with zero attached hydrogens (tertiary/aromatic N) is 1. The lowest BCUT2D eigenvalue weighted by Gasteiger charge is -2.30. The molecule has 2 aromatic rings. The van der Waals surface area contributed by atoms with Crippen molar-refractivity contribution < 1.29 is 18.3 Å². The highest BCUT2D eigenvalue weighted by atomic mass is 19.4. The van der Waals surface area contributed by atoms with Gasteiger partial charge in [-0.05, 0) is 11.5 Å². The number of pyridine rings is 1. The number of hydrogen-bond donors (Lipinski definition) is 2. The number of rotatable bonds is 2. The highest BCUT2D eigenvalue weighted by molar-refractivity contribution is 5.85. The number of halogens is 3. The maximum atomic E-state index is 13.0. The Morgan fingerprint density at radius 2 is 1.94 bits per heavy atom. The van der Waals surface area contributed by atoms with Crippen molar-refractivity contribution >= 4 is 10.8 Å². The molecular formula is C12H11F3N2O. The average molecular weight is 256 g/mol. The molecular weight excluding hydrogens is 245 g/mol. The van der Waals surface area contributed by atoms with Crippen LogP contribution in [0.3, 0.4) is 0 Å². The third-order valence-electron chi connectivity index (χ3n) is 2.89. The largest absolute Gasteiger partial charge is 0.422 e. The van der Waals surface area contributed by atoms with Gasteiger partial charge in [0.15, 0.2) is 5.60 Å². The van der Waals surface area contributed by atoms with Crippen molar-refractivity contribution in [2.24, 2.45) is 5.73 Å². The number of alkyl halides is 3. The van der Waals surface area contributed by atoms with Gasteiger partial charge in [0.1, 0.15) is 0 Å². The van der Waals surface area contributed by atoms with E-state index in [0.717, 1.165) is 0 Å². The van der Waals surface area contributed by atoms with E-state index >= 15 is 0 Å². The number of aromatic nitrogens is 1. The van der Waals surface area contributed by atoms with Crippen LogP contribution >= 0.6 is 0 Å². The fourth-order valence-corrected chi connectivity index (χ4v) is 1.85. The summed E-state index contributed by atoms with van der Waals surface area (Å²) in [5.74, 6) is 0. The molecule has 1 unspecified atom stereocenters. The number of benzene rings is 1. The van der Waals surface area contributed by atoms with Gasteiger partial charge in [-0.3, -0.25) is 4.98 Å². The Labute approximate surface area is 101 Å². The Kier molecular flexibility index (Phi) is 3.00. The summed E-state index contributed by atoms with van der Waals surface area (Å²) in [6.07, 6.45) is -2.08. The fraction of sp³-hybridized carbons (Fsp3) is 0.250. The molecule has 1 atom stereocenters. The Morgan fingerprint density at radius 3 is 2.56 bits per heavy atom. The van der Waals surface area contributed by atoms with Gasteiger partial charge in [0.2, 0.25) is 0 Å². The maximum Gasteiger partial charge on any atom is 0.422 e. The van der Waals surface area contributed by atoms with Gasteiger partial charge in [-0.2, -0.15) is 13.2 Å². The van der Waals surface area contributed by atoms with Gasteiger partial charge in [-0.25, -0.2) is 0 Å². The smallest absolute Gasteiger partial charge is 0.375 e. The third kappa shape index (κ3) is 1.83. The van der Waals surface area contributed by atoms with Gasteiger partial charge in [0.25, 0.3) is 0 Å². The molecule has 6 heteroatoms. The highest BCUT2D eigenvalue weighted by Gasteiger charge is 2.54. The summed E-state index contributed by atoms with van der Waals surface area (Å²) in [6, 6.07) is 5.88. The molecule has 3 nitrogen and oxygen atoms in total. The molecule has 0 spiro atoms. The summed E-state index contributed by atoms with van der Waals surface area (Å²) >= 11 is 0. The number of aliphatic hydroxyl groups is 1. The Bertz CT molecular complexity index is 565. The first-order valence-corrected chi connectivity index (χ1v) is 5.22. The molecule has 0 amide bonds. The van der Waals surface area contributed by atoms with Crippen molar-refractivity contribution in [3.8, 4) is 0 Å². The van der Waals surface area contributed by atoms with E-state index in [-0.39, 0.29) is 10.9 Å². The predicted molar refractivity (Wildman–Crippen MR) is 60.7 cm³/mol. The lowest BCUT2D eigenvalue weighted by Crippen LogP contribution is -2.48. The van der Waals surface area contributed by atoms with Gasteiger partial charge in [0.05, 0.1) is 0 Å². The van der Waals surface area contributed by atoms with Crippen molar-refractivity contribution in [1.29, 1.82) is 0 Å². The van der Waals surface area contributed by atoms with Crippen molar-refractivity contribution in [2.45, 2.75) is 11.8 Å². The number of hydrogen-bond acceptors (Lipinski definition) is 3. The zero-order valence-electron chi connectivity index (χ0n) is 9.28. The molecule has 1 aromatic heterocycles. The van der Waals surface area contributed by atoms with Gasteiger partial charge >= 0.3 is 6.18 Å². The van der Waals surface area contributed by atoms with Crippen LogP contribution in [0.2, 0.25) is 0 Å². The van der Waals surface area contributed by atoms with Gasteiger partial charge in [0, 0.05) is 29.9 Å². The van der Waals surface area contributed by atoms with Gasteiger partial charge in [-0.1, -0.05) is 18.2 Å². The molecule has 0 aliphatic carbocycles. The summed E-state index contributed by atoms with van der Waals surface area (Å²) < 4.78 is 38.9. The normalized spacial score (nSPS) is 15.6. The van der Waals surface area contributed by atoms with E-state index in [2.05, 4.69) is 4.98 Å². The summed E-state index contributed by atoms with van der Waals surface area (Å²) in [5.41, 5.74) is 1.79. The van der Waals surface area contributed by atoms with Crippen molar-refractivity contribution in [3.05, 3.63) is 42.2 Å². The predicted octanol–water partition coefficient (Wildman–Crippen LogP) is 1.94. The summed E-state index contributed by atoms with van der Waals surface area (Å²) in [7, 11) is 0. The first-order chi connectivity index (χ1) is 8.40. The van der Waals surface area contributed by atoms with Crippen LogP contribution in [-0.4, -0.2) is 22.8 Å². The van der Waals surface area contributed by atoms with Crippen molar-refractivity contribution in [2.75, 3.05) is 6.54 Å². The topological polar surface area (TPSA) is 59.1 Å². The van der Waals surface area contributed by atoms with Crippen LogP contribution < -0.4 is 5.73 Å². The molecule has 96 valence electrons. The molecule has 0 aliphatic rings. The van der Waals surface area contributed by atoms with E-state index in [4.69, 9.17) is 5.73 Å². The minimum Gasteiger partial charge on any atom is -0.375 e. The second-order valence-electron chi connectivity index (χ2n) is 3.96. The zero-order valence-corrected chi connectivity index (χ0v) is 9.28. The van der Waals surface area contributed by atoms with Crippen LogP contribution in [0.25, 0.3) is 10.8 Å². The summed E-state index contributed by atoms with van der Waals surface area (Å²) in [4.78, 5) is 3.78. The quantitative estimate of drug-likeness (QED) is 0.863. The van der Waals surface area contributed by atoms with Crippen LogP contribution in [0, 0.1) is 0 Å². The standard InChI is InChI=1S/C12H11F3N2O/c13-12(14,15)11(18,7-16)10-3-1-2-8-4-5-17-6-9(8)10/h1-6,18H,7,16H2. The van der Waals surface area contributed by atoms with Gasteiger partial charge in [-0.15, -0.1) is 0 Å². The molecule has 3 N–H and O–H groups in total. The van der Waals surface area contributed by atoms with Gasteiger partial charge < -0.3 is 10.8 Å². The van der Waals surface area contributed by atoms with Crippen LogP contribution in [0.5, 0.6) is 0 Å². The first kappa shape index (κ1) is 12.8. The second-order valence-corrected chi connectivity index (χ2v) is 3.96. The highest BCUT2D eigenvalue weighted by Crippen LogP contribution is 2.40. The first-order valence-electron chi connectivity index (χ1n) is 5.22. The maximum absolute atomic E-state index is 13.0. The Hall–Kier alpha value is -1.66. The van der Waals surface area contributed by atoms with Crippen LogP contribution in [-0.2, 0) is 5.60 Å². The van der Waals surface area contributed by atoms with E-state index in [1.165, 1.54) is 24.5 Å². The molecule has 1 heterocycles. The van der Waals surface area contributed by atoms with E-state index in [1.807, 2.05) is 0 Å². The monoisotopic (exact) mass is 256 g/mol. The van der Waals surface area contributed by atoms with Crippen molar-refractivity contribution in [3.63, 3.8) is 0 Å². The van der Waals surface area contributed by atoms with E-state index in [1.54, 1.807) is 12.1 Å². The van der Waals surface area contributed by atoms with E-state index < -0.39 is 18.3 Å². The number of nitrogens with two attached hydrogens (primary N) is 1. The Morgan fingerprint density at radius 1 is 1.22 bits per heavy atom. The molecule has 0 saturated carbocycles. The molecule has 0 aliphatic heterocycles. The molecule has 2 rings (SSSR count). The molecule has 0 fully saturated rings. The SMILES string of the molecule is NCC(O)(c1cccc2ccncc12)C(F)(F)F. The summed E-state index contributed by atoms with van der Waals surface area (Å²) in [5, 5.41) is 10.7. The van der Waals surface area contributed by atoms with E-state index in [9.17, 15) is 18.3 Å². The lowest BCUT2D eigenvalue weighted by molar-refractivity contribution is -0.261. The lowest BCUT2D eigenvalue weighted by atomic mass is 9.89. The molecule has 18 heavy (non-hydrogen) atoms. The van der Waals surface area contributed by atoms with Crippen LogP contribution in [0.4, 0.5) is 13.2 Å². The van der Waals surface area contributed by atoms with Crippen molar-refractivity contribution in [1.82, 2.24) is 4.98 Å². The Balaban J connectivity index is 2.74. The second kappa shape index (κ2) is 4.22. The minimum atomic E-state index is -4.84. The van der Waals surface area contributed by atoms with Crippen LogP contribution in [0.15, 0.2) is 36.7 Å². The minimum absolute atomic E-state index is 0.241.